The zero-order chi connectivity index (χ0) is 11.0. The van der Waals surface area contributed by atoms with Crippen LogP contribution in [0.2, 0.25) is 0 Å². The molecule has 5 heteroatoms. The molecule has 0 aliphatic heterocycles. The summed E-state index contributed by atoms with van der Waals surface area (Å²) >= 11 is 0.456. The molecular formula is C10H16N4Pd. The molecule has 15 heavy (non-hydrogen) atoms. The molecule has 0 unspecified atom stereocenters. The molecule has 0 aromatic carbocycles. The van der Waals surface area contributed by atoms with Gasteiger partial charge in [0.25, 0.3) is 0 Å². The van der Waals surface area contributed by atoms with Crippen molar-refractivity contribution < 1.29 is 17.1 Å². The monoisotopic (exact) mass is 298 g/mol. The van der Waals surface area contributed by atoms with Crippen molar-refractivity contribution in [1.29, 1.82) is 0 Å². The van der Waals surface area contributed by atoms with Crippen molar-refractivity contribution in [3.05, 3.63) is 32.6 Å². The van der Waals surface area contributed by atoms with Crippen LogP contribution in [-0.4, -0.2) is 18.3 Å². The average molecular weight is 299 g/mol. The van der Waals surface area contributed by atoms with E-state index in [1.165, 1.54) is 7.78 Å². The summed E-state index contributed by atoms with van der Waals surface area (Å²) in [5.74, 6) is 0. The number of hydrogen-bond acceptors (Lipinski definition) is 0. The van der Waals surface area contributed by atoms with E-state index < -0.39 is 0 Å². The molecule has 0 spiro atoms. The van der Waals surface area contributed by atoms with Gasteiger partial charge in [-0.15, -0.1) is 0 Å². The van der Waals surface area contributed by atoms with Crippen molar-refractivity contribution in [2.24, 2.45) is 28.2 Å². The summed E-state index contributed by atoms with van der Waals surface area (Å²) in [5.41, 5.74) is 0. The zero-order valence-corrected chi connectivity index (χ0v) is 11.0. The van der Waals surface area contributed by atoms with Gasteiger partial charge < -0.3 is 0 Å². The maximum atomic E-state index is 2.18. The van der Waals surface area contributed by atoms with Crippen molar-refractivity contribution >= 4 is 0 Å². The molecule has 2 aromatic rings. The Bertz CT molecular complexity index is 519. The third kappa shape index (κ3) is 1.90. The second-order valence-electron chi connectivity index (χ2n) is 3.60. The Labute approximate surface area is 96.2 Å². The Balaban J connectivity index is 3.01. The van der Waals surface area contributed by atoms with Crippen LogP contribution in [0.1, 0.15) is 0 Å². The molecular weight excluding hydrogens is 283 g/mol. The molecule has 0 radical (unpaired) electrons. The Morgan fingerprint density at radius 3 is 1.20 bits per heavy atom. The Morgan fingerprint density at radius 1 is 0.667 bits per heavy atom. The van der Waals surface area contributed by atoms with Gasteiger partial charge in [0.1, 0.15) is 0 Å². The van der Waals surface area contributed by atoms with Gasteiger partial charge in [-0.3, -0.25) is 0 Å². The van der Waals surface area contributed by atoms with Crippen molar-refractivity contribution in [2.75, 3.05) is 0 Å². The van der Waals surface area contributed by atoms with Crippen LogP contribution >= 0.6 is 0 Å². The molecule has 2 rings (SSSR count). The molecule has 4 nitrogen and oxygen atoms in total. The van der Waals surface area contributed by atoms with Crippen molar-refractivity contribution in [1.82, 2.24) is 18.3 Å². The second-order valence-corrected chi connectivity index (χ2v) is 5.38. The van der Waals surface area contributed by atoms with E-state index in [2.05, 4.69) is 71.2 Å². The summed E-state index contributed by atoms with van der Waals surface area (Å²) in [6.45, 7) is 0. The number of aryl methyl sites for hydroxylation is 4. The zero-order valence-electron chi connectivity index (χ0n) is 9.41. The van der Waals surface area contributed by atoms with Crippen LogP contribution in [0.15, 0.2) is 24.8 Å². The van der Waals surface area contributed by atoms with Crippen LogP contribution in [0.4, 0.5) is 0 Å². The SMILES string of the molecule is Cn1ccn(C)[c]1=[Pd]=[c]1n(C)ccn1C. The fourth-order valence-electron chi connectivity index (χ4n) is 1.41. The van der Waals surface area contributed by atoms with Crippen LogP contribution in [0.3, 0.4) is 0 Å². The molecule has 0 aliphatic carbocycles. The maximum absolute atomic E-state index is 2.18. The Morgan fingerprint density at radius 2 is 0.933 bits per heavy atom. The van der Waals surface area contributed by atoms with Gasteiger partial charge in [0, 0.05) is 0 Å². The van der Waals surface area contributed by atoms with Crippen molar-refractivity contribution in [3.63, 3.8) is 0 Å². The summed E-state index contributed by atoms with van der Waals surface area (Å²) in [6, 6.07) is 0. The van der Waals surface area contributed by atoms with Crippen molar-refractivity contribution in [3.8, 4) is 0 Å². The first kappa shape index (κ1) is 10.6. The number of hydrogen-bond donors (Lipinski definition) is 0. The van der Waals surface area contributed by atoms with E-state index >= 15 is 0 Å². The normalized spacial score (nSPS) is 11.2. The minimum absolute atomic E-state index is 0.456. The molecule has 86 valence electrons. The molecule has 2 heterocycles. The molecule has 0 N–H and O–H groups in total. The van der Waals surface area contributed by atoms with Crippen LogP contribution in [0, 0.1) is 7.78 Å². The Hall–Kier alpha value is -0.918. The predicted molar refractivity (Wildman–Crippen MR) is 55.3 cm³/mol. The van der Waals surface area contributed by atoms with Crippen LogP contribution in [-0.2, 0) is 45.3 Å². The molecule has 2 aromatic heterocycles. The number of aromatic nitrogens is 4. The van der Waals surface area contributed by atoms with E-state index in [1.54, 1.807) is 0 Å². The Kier molecular flexibility index (Phi) is 2.77. The first-order valence-corrected chi connectivity index (χ1v) is 6.25. The number of nitrogens with zero attached hydrogens (tertiary/aromatic N) is 4. The summed E-state index contributed by atoms with van der Waals surface area (Å²) in [7, 11) is 8.38. The van der Waals surface area contributed by atoms with Crippen molar-refractivity contribution in [2.45, 2.75) is 0 Å². The molecule has 0 atom stereocenters. The van der Waals surface area contributed by atoms with Gasteiger partial charge in [0.15, 0.2) is 0 Å². The number of rotatable bonds is 0. The van der Waals surface area contributed by atoms with E-state index in [4.69, 9.17) is 0 Å². The fraction of sp³-hybridized carbons (Fsp3) is 0.400. The van der Waals surface area contributed by atoms with E-state index in [1.807, 2.05) is 0 Å². The second kappa shape index (κ2) is 3.92. The molecule has 0 aliphatic rings. The fourth-order valence-corrected chi connectivity index (χ4v) is 3.28. The van der Waals surface area contributed by atoms with Gasteiger partial charge in [-0.25, -0.2) is 0 Å². The predicted octanol–water partition coefficient (Wildman–Crippen LogP) is 0.887. The van der Waals surface area contributed by atoms with Crippen LogP contribution in [0.5, 0.6) is 0 Å². The molecule has 0 fully saturated rings. The van der Waals surface area contributed by atoms with E-state index in [0.717, 1.165) is 0 Å². The quantitative estimate of drug-likeness (QED) is 0.644. The summed E-state index contributed by atoms with van der Waals surface area (Å²) in [5, 5.41) is 0. The van der Waals surface area contributed by atoms with Gasteiger partial charge >= 0.3 is 96.1 Å². The van der Waals surface area contributed by atoms with Gasteiger partial charge in [0.05, 0.1) is 0 Å². The molecule has 0 saturated carbocycles. The summed E-state index contributed by atoms with van der Waals surface area (Å²) in [4.78, 5) is 0. The number of imidazole rings is 2. The van der Waals surface area contributed by atoms with E-state index in [-0.39, 0.29) is 0 Å². The molecule has 0 bridgehead atoms. The van der Waals surface area contributed by atoms with Gasteiger partial charge in [-0.05, 0) is 0 Å². The third-order valence-electron chi connectivity index (χ3n) is 2.25. The minimum atomic E-state index is 0.456. The van der Waals surface area contributed by atoms with Gasteiger partial charge in [-0.1, -0.05) is 0 Å². The summed E-state index contributed by atoms with van der Waals surface area (Å²) in [6.07, 6.45) is 8.38. The van der Waals surface area contributed by atoms with E-state index in [9.17, 15) is 0 Å². The third-order valence-corrected chi connectivity index (χ3v) is 5.13. The first-order valence-electron chi connectivity index (χ1n) is 4.70. The first-order chi connectivity index (χ1) is 7.09. The van der Waals surface area contributed by atoms with Gasteiger partial charge in [-0.2, -0.15) is 0 Å². The van der Waals surface area contributed by atoms with Crippen LogP contribution in [0.25, 0.3) is 0 Å². The summed E-state index contributed by atoms with van der Waals surface area (Å²) < 4.78 is 11.4. The average Bonchev–Trinajstić information content (AvgIpc) is 2.67. The standard InChI is InChI=1S/2C5H8N2.Pd/c2*1-6-3-4-7(2)5-6;/h2*3-4H,1-2H3;. The molecule has 0 amide bonds. The topological polar surface area (TPSA) is 19.7 Å². The van der Waals surface area contributed by atoms with Gasteiger partial charge in [0.2, 0.25) is 0 Å². The molecule has 0 saturated heterocycles. The van der Waals surface area contributed by atoms with Crippen LogP contribution < -0.4 is 0 Å². The van der Waals surface area contributed by atoms with E-state index in [0.29, 0.717) is 17.1 Å².